The Bertz CT molecular complexity index is 1840. The zero-order chi connectivity index (χ0) is 28.3. The Morgan fingerprint density at radius 2 is 1.65 bits per heavy atom. The summed E-state index contributed by atoms with van der Waals surface area (Å²) in [5, 5.41) is 31.7. The normalized spacial score (nSPS) is 11.6. The predicted octanol–water partition coefficient (Wildman–Crippen LogP) is 6.53. The van der Waals surface area contributed by atoms with Gasteiger partial charge in [0, 0.05) is 17.1 Å². The molecule has 202 valence electrons. The number of sulfonamides is 1. The summed E-state index contributed by atoms with van der Waals surface area (Å²) in [5.41, 5.74) is 1.32. The number of aromatic hydroxyl groups is 1. The third-order valence-electron chi connectivity index (χ3n) is 6.15. The van der Waals surface area contributed by atoms with Gasteiger partial charge in [-0.3, -0.25) is 14.8 Å². The number of nitrogens with zero attached hydrogens (tertiary/aromatic N) is 4. The lowest BCUT2D eigenvalue weighted by molar-refractivity contribution is -0.384. The number of methoxy groups -OCH3 is 1. The highest BCUT2D eigenvalue weighted by molar-refractivity contribution is 7.92. The molecule has 0 aliphatic heterocycles. The molecule has 0 aliphatic carbocycles. The summed E-state index contributed by atoms with van der Waals surface area (Å²) in [6, 6.07) is 26.2. The van der Waals surface area contributed by atoms with Gasteiger partial charge in [0.25, 0.3) is 15.7 Å². The van der Waals surface area contributed by atoms with Crippen LogP contribution < -0.4 is 9.46 Å². The Morgan fingerprint density at radius 3 is 2.35 bits per heavy atom. The first kappa shape index (κ1) is 26.4. The van der Waals surface area contributed by atoms with Gasteiger partial charge in [0.05, 0.1) is 29.0 Å². The van der Waals surface area contributed by atoms with E-state index in [4.69, 9.17) is 4.74 Å². The molecule has 0 amide bonds. The molecule has 12 heteroatoms. The molecule has 0 radical (unpaired) electrons. The smallest absolute Gasteiger partial charge is 0.298 e. The van der Waals surface area contributed by atoms with Crippen molar-refractivity contribution in [1.82, 2.24) is 4.57 Å². The fourth-order valence-corrected chi connectivity index (χ4v) is 5.25. The van der Waals surface area contributed by atoms with Crippen molar-refractivity contribution in [2.45, 2.75) is 11.4 Å². The van der Waals surface area contributed by atoms with E-state index in [0.29, 0.717) is 23.2 Å². The van der Waals surface area contributed by atoms with Gasteiger partial charge in [-0.05, 0) is 48.0 Å². The van der Waals surface area contributed by atoms with Crippen LogP contribution in [-0.2, 0) is 16.6 Å². The molecule has 0 bridgehead atoms. The maximum absolute atomic E-state index is 12.9. The minimum Gasteiger partial charge on any atom is -0.497 e. The number of rotatable bonds is 9. The van der Waals surface area contributed by atoms with Crippen molar-refractivity contribution in [2.75, 3.05) is 11.8 Å². The molecule has 2 N–H and O–H groups in total. The van der Waals surface area contributed by atoms with E-state index >= 15 is 0 Å². The highest BCUT2D eigenvalue weighted by Gasteiger charge is 2.23. The quantitative estimate of drug-likeness (QED) is 0.120. The molecule has 5 rings (SSSR count). The third kappa shape index (κ3) is 5.33. The molecule has 11 nitrogen and oxygen atoms in total. The number of benzene rings is 4. The standard InChI is InChI=1S/C28H23N5O6S/c1-39-21-13-11-20(12-14-21)31-40(37,38)22-15-16-24(26(17-22)33(35)36)29-30-27-23-9-5-6-10-25(23)32(28(27)34)18-19-7-3-2-4-8-19/h2-17,31,34H,18H2,1H3. The summed E-state index contributed by atoms with van der Waals surface area (Å²) >= 11 is 0. The maximum Gasteiger partial charge on any atom is 0.298 e. The van der Waals surface area contributed by atoms with E-state index in [1.54, 1.807) is 28.8 Å². The van der Waals surface area contributed by atoms with Crippen molar-refractivity contribution >= 4 is 43.7 Å². The molecule has 0 saturated heterocycles. The lowest BCUT2D eigenvalue weighted by atomic mass is 10.2. The Kier molecular flexibility index (Phi) is 7.17. The average molecular weight is 558 g/mol. The van der Waals surface area contributed by atoms with E-state index in [9.17, 15) is 23.6 Å². The van der Waals surface area contributed by atoms with Gasteiger partial charge >= 0.3 is 0 Å². The summed E-state index contributed by atoms with van der Waals surface area (Å²) in [7, 11) is -2.66. The van der Waals surface area contributed by atoms with E-state index in [1.807, 2.05) is 42.5 Å². The van der Waals surface area contributed by atoms with Crippen LogP contribution in [0.1, 0.15) is 5.56 Å². The first-order valence-electron chi connectivity index (χ1n) is 12.0. The van der Waals surface area contributed by atoms with Gasteiger partial charge in [-0.1, -0.05) is 48.5 Å². The Morgan fingerprint density at radius 1 is 0.950 bits per heavy atom. The second-order valence-corrected chi connectivity index (χ2v) is 10.4. The van der Waals surface area contributed by atoms with Crippen molar-refractivity contribution in [2.24, 2.45) is 10.2 Å². The van der Waals surface area contributed by atoms with Gasteiger partial charge in [0.2, 0.25) is 5.88 Å². The number of nitro groups is 1. The van der Waals surface area contributed by atoms with Crippen LogP contribution >= 0.6 is 0 Å². The van der Waals surface area contributed by atoms with Crippen LogP contribution in [0.3, 0.4) is 0 Å². The second kappa shape index (κ2) is 10.9. The van der Waals surface area contributed by atoms with Crippen LogP contribution in [0.15, 0.2) is 112 Å². The van der Waals surface area contributed by atoms with Gasteiger partial charge in [-0.2, -0.15) is 0 Å². The zero-order valence-electron chi connectivity index (χ0n) is 21.1. The number of ether oxygens (including phenoxy) is 1. The van der Waals surface area contributed by atoms with Gasteiger partial charge in [0.15, 0.2) is 11.4 Å². The van der Waals surface area contributed by atoms with Gasteiger partial charge in [0.1, 0.15) is 5.75 Å². The molecule has 4 aromatic carbocycles. The van der Waals surface area contributed by atoms with Crippen LogP contribution in [0.4, 0.5) is 22.7 Å². The molecule has 0 atom stereocenters. The van der Waals surface area contributed by atoms with Crippen molar-refractivity contribution in [1.29, 1.82) is 0 Å². The van der Waals surface area contributed by atoms with Crippen LogP contribution in [0, 0.1) is 10.1 Å². The molecule has 0 saturated carbocycles. The summed E-state index contributed by atoms with van der Waals surface area (Å²) in [6.45, 7) is 0.372. The highest BCUT2D eigenvalue weighted by Crippen LogP contribution is 2.41. The molecular formula is C28H23N5O6S. The highest BCUT2D eigenvalue weighted by atomic mass is 32.2. The lowest BCUT2D eigenvalue weighted by Gasteiger charge is -2.09. The first-order chi connectivity index (χ1) is 19.3. The molecular weight excluding hydrogens is 534 g/mol. The number of para-hydroxylation sites is 1. The van der Waals surface area contributed by atoms with Gasteiger partial charge < -0.3 is 14.4 Å². The van der Waals surface area contributed by atoms with E-state index in [1.165, 1.54) is 31.4 Å². The molecule has 1 heterocycles. The number of anilines is 1. The largest absolute Gasteiger partial charge is 0.497 e. The fraction of sp³-hybridized carbons (Fsp3) is 0.0714. The number of hydrogen-bond acceptors (Lipinski definition) is 8. The van der Waals surface area contributed by atoms with Crippen molar-refractivity contribution in [3.8, 4) is 11.6 Å². The fourth-order valence-electron chi connectivity index (χ4n) is 4.17. The van der Waals surface area contributed by atoms with E-state index in [2.05, 4.69) is 15.0 Å². The van der Waals surface area contributed by atoms with Crippen LogP contribution in [0.25, 0.3) is 10.9 Å². The van der Waals surface area contributed by atoms with E-state index in [0.717, 1.165) is 11.6 Å². The summed E-state index contributed by atoms with van der Waals surface area (Å²) in [5.74, 6) is 0.391. The lowest BCUT2D eigenvalue weighted by Crippen LogP contribution is -2.13. The zero-order valence-corrected chi connectivity index (χ0v) is 21.9. The first-order valence-corrected chi connectivity index (χ1v) is 13.5. The van der Waals surface area contributed by atoms with Crippen LogP contribution in [0.2, 0.25) is 0 Å². The number of nitrogens with one attached hydrogen (secondary N) is 1. The van der Waals surface area contributed by atoms with Gasteiger partial charge in [-0.15, -0.1) is 10.2 Å². The van der Waals surface area contributed by atoms with Gasteiger partial charge in [-0.25, -0.2) is 8.42 Å². The summed E-state index contributed by atoms with van der Waals surface area (Å²) < 4.78 is 34.9. The molecule has 0 fully saturated rings. The van der Waals surface area contributed by atoms with Crippen molar-refractivity contribution in [3.63, 3.8) is 0 Å². The Balaban J connectivity index is 1.48. The molecule has 1 aromatic heterocycles. The second-order valence-electron chi connectivity index (χ2n) is 8.70. The third-order valence-corrected chi connectivity index (χ3v) is 7.53. The number of aromatic nitrogens is 1. The van der Waals surface area contributed by atoms with Crippen LogP contribution in [0.5, 0.6) is 11.6 Å². The summed E-state index contributed by atoms with van der Waals surface area (Å²) in [6.07, 6.45) is 0. The molecule has 0 unspecified atom stereocenters. The Hall–Kier alpha value is -5.23. The Labute approximate surface area is 229 Å². The summed E-state index contributed by atoms with van der Waals surface area (Å²) in [4.78, 5) is 10.8. The van der Waals surface area contributed by atoms with Crippen LogP contribution in [-0.4, -0.2) is 30.1 Å². The van der Waals surface area contributed by atoms with E-state index < -0.39 is 20.6 Å². The SMILES string of the molecule is COc1ccc(NS(=O)(=O)c2ccc(N=Nc3c(O)n(Cc4ccccc4)c4ccccc34)c([N+](=O)[O-])c2)cc1. The molecule has 0 aliphatic rings. The maximum atomic E-state index is 12.9. The average Bonchev–Trinajstić information content (AvgIpc) is 3.22. The number of azo groups is 1. The molecule has 0 spiro atoms. The minimum absolute atomic E-state index is 0.138. The number of hydrogen-bond donors (Lipinski definition) is 2. The molecule has 5 aromatic rings. The number of fused-ring (bicyclic) bond motifs is 1. The topological polar surface area (TPSA) is 148 Å². The van der Waals surface area contributed by atoms with Crippen molar-refractivity contribution < 1.29 is 23.2 Å². The van der Waals surface area contributed by atoms with E-state index in [-0.39, 0.29) is 27.8 Å². The number of nitro benzene ring substituents is 1. The van der Waals surface area contributed by atoms with Crippen molar-refractivity contribution in [3.05, 3.63) is 113 Å². The minimum atomic E-state index is -4.15. The monoisotopic (exact) mass is 557 g/mol. The predicted molar refractivity (Wildman–Crippen MR) is 150 cm³/mol. The molecule has 40 heavy (non-hydrogen) atoms.